The minimum absolute atomic E-state index is 0.0647. The molecular weight excluding hydrogens is 227 g/mol. The maximum atomic E-state index is 13.1. The van der Waals surface area contributed by atoms with E-state index in [2.05, 4.69) is 5.32 Å². The van der Waals surface area contributed by atoms with Gasteiger partial charge in [-0.25, -0.2) is 4.39 Å². The average molecular weight is 242 g/mol. The van der Waals surface area contributed by atoms with Gasteiger partial charge < -0.3 is 20.9 Å². The number of para-hydroxylation sites is 1. The number of nitrogens with two attached hydrogens (primary N) is 1. The lowest BCUT2D eigenvalue weighted by molar-refractivity contribution is 0.0838. The Morgan fingerprint density at radius 1 is 1.47 bits per heavy atom. The molecule has 0 atom stereocenters. The number of hydrogen-bond acceptors (Lipinski definition) is 4. The molecule has 1 aromatic carbocycles. The predicted molar refractivity (Wildman–Crippen MR) is 61.1 cm³/mol. The first-order valence-corrected chi connectivity index (χ1v) is 5.17. The van der Waals surface area contributed by atoms with Gasteiger partial charge in [0.05, 0.1) is 31.1 Å². The topological polar surface area (TPSA) is 84.6 Å². The second-order valence-corrected chi connectivity index (χ2v) is 3.29. The smallest absolute Gasteiger partial charge is 0.253 e. The van der Waals surface area contributed by atoms with E-state index in [0.29, 0.717) is 0 Å². The van der Waals surface area contributed by atoms with E-state index < -0.39 is 11.7 Å². The molecule has 0 aliphatic carbocycles. The van der Waals surface area contributed by atoms with Crippen LogP contribution in [0.25, 0.3) is 0 Å². The summed E-state index contributed by atoms with van der Waals surface area (Å²) in [6, 6.07) is 4.06. The molecule has 0 aliphatic heterocycles. The van der Waals surface area contributed by atoms with Crippen molar-refractivity contribution in [3.05, 3.63) is 29.6 Å². The SMILES string of the molecule is Nc1c(F)cccc1C(=O)NCCOCCO. The molecule has 0 unspecified atom stereocenters. The zero-order valence-corrected chi connectivity index (χ0v) is 9.28. The highest BCUT2D eigenvalue weighted by molar-refractivity contribution is 5.99. The zero-order valence-electron chi connectivity index (χ0n) is 9.28. The molecule has 0 radical (unpaired) electrons. The summed E-state index contributed by atoms with van der Waals surface area (Å²) in [5.74, 6) is -1.07. The summed E-state index contributed by atoms with van der Waals surface area (Å²) < 4.78 is 18.0. The van der Waals surface area contributed by atoms with Gasteiger partial charge >= 0.3 is 0 Å². The maximum Gasteiger partial charge on any atom is 0.253 e. The van der Waals surface area contributed by atoms with E-state index in [1.165, 1.54) is 18.2 Å². The molecule has 0 heterocycles. The number of rotatable bonds is 6. The molecule has 0 saturated carbocycles. The quantitative estimate of drug-likeness (QED) is 0.489. The van der Waals surface area contributed by atoms with E-state index >= 15 is 0 Å². The van der Waals surface area contributed by atoms with E-state index in [0.717, 1.165) is 0 Å². The van der Waals surface area contributed by atoms with Gasteiger partial charge in [0.2, 0.25) is 0 Å². The van der Waals surface area contributed by atoms with E-state index in [4.69, 9.17) is 15.6 Å². The number of halogens is 1. The summed E-state index contributed by atoms with van der Waals surface area (Å²) in [7, 11) is 0. The maximum absolute atomic E-state index is 13.1. The van der Waals surface area contributed by atoms with Crippen molar-refractivity contribution in [2.24, 2.45) is 0 Å². The van der Waals surface area contributed by atoms with Gasteiger partial charge in [0.15, 0.2) is 0 Å². The second kappa shape index (κ2) is 6.82. The van der Waals surface area contributed by atoms with Crippen molar-refractivity contribution in [1.29, 1.82) is 0 Å². The summed E-state index contributed by atoms with van der Waals surface area (Å²) in [5, 5.41) is 11.0. The highest BCUT2D eigenvalue weighted by Gasteiger charge is 2.11. The molecule has 0 saturated heterocycles. The highest BCUT2D eigenvalue weighted by Crippen LogP contribution is 2.15. The molecule has 1 aromatic rings. The van der Waals surface area contributed by atoms with Gasteiger partial charge in [0.1, 0.15) is 5.82 Å². The van der Waals surface area contributed by atoms with Gasteiger partial charge in [-0.1, -0.05) is 6.07 Å². The molecule has 0 aromatic heterocycles. The van der Waals surface area contributed by atoms with Crippen molar-refractivity contribution >= 4 is 11.6 Å². The third-order valence-electron chi connectivity index (χ3n) is 2.07. The molecule has 4 N–H and O–H groups in total. The lowest BCUT2D eigenvalue weighted by Crippen LogP contribution is -2.28. The van der Waals surface area contributed by atoms with Gasteiger partial charge in [-0.2, -0.15) is 0 Å². The first-order chi connectivity index (χ1) is 8.16. The number of hydrogen-bond donors (Lipinski definition) is 3. The number of aliphatic hydroxyl groups excluding tert-OH is 1. The van der Waals surface area contributed by atoms with E-state index in [1.807, 2.05) is 0 Å². The van der Waals surface area contributed by atoms with Crippen LogP contribution in [-0.4, -0.2) is 37.4 Å². The molecule has 0 bridgehead atoms. The normalized spacial score (nSPS) is 10.2. The summed E-state index contributed by atoms with van der Waals surface area (Å²) in [5.41, 5.74) is 5.37. The van der Waals surface area contributed by atoms with Crippen LogP contribution < -0.4 is 11.1 Å². The Hall–Kier alpha value is -1.66. The molecule has 94 valence electrons. The van der Waals surface area contributed by atoms with Crippen molar-refractivity contribution in [2.75, 3.05) is 32.1 Å². The molecule has 6 heteroatoms. The monoisotopic (exact) mass is 242 g/mol. The number of aliphatic hydroxyl groups is 1. The van der Waals surface area contributed by atoms with Crippen LogP contribution in [0.15, 0.2) is 18.2 Å². The third kappa shape index (κ3) is 4.01. The van der Waals surface area contributed by atoms with Crippen LogP contribution in [0.3, 0.4) is 0 Å². The van der Waals surface area contributed by atoms with E-state index in [9.17, 15) is 9.18 Å². The summed E-state index contributed by atoms with van der Waals surface area (Å²) in [6.07, 6.45) is 0. The Bertz CT molecular complexity index is 385. The van der Waals surface area contributed by atoms with Crippen molar-refractivity contribution in [3.63, 3.8) is 0 Å². The van der Waals surface area contributed by atoms with E-state index in [-0.39, 0.29) is 37.6 Å². The summed E-state index contributed by atoms with van der Waals surface area (Å²) in [6.45, 7) is 0.707. The summed E-state index contributed by atoms with van der Waals surface area (Å²) >= 11 is 0. The molecule has 17 heavy (non-hydrogen) atoms. The molecule has 0 spiro atoms. The first-order valence-electron chi connectivity index (χ1n) is 5.17. The standard InChI is InChI=1S/C11H15FN2O3/c12-9-3-1-2-8(10(9)13)11(16)14-4-6-17-7-5-15/h1-3,15H,4-7,13H2,(H,14,16). The summed E-state index contributed by atoms with van der Waals surface area (Å²) in [4.78, 5) is 11.6. The number of benzene rings is 1. The third-order valence-corrected chi connectivity index (χ3v) is 2.07. The van der Waals surface area contributed by atoms with Crippen molar-refractivity contribution in [1.82, 2.24) is 5.32 Å². The number of amides is 1. The van der Waals surface area contributed by atoms with E-state index in [1.54, 1.807) is 0 Å². The molecule has 5 nitrogen and oxygen atoms in total. The van der Waals surface area contributed by atoms with Crippen LogP contribution in [0.5, 0.6) is 0 Å². The Labute approximate surface area is 98.4 Å². The average Bonchev–Trinajstić information content (AvgIpc) is 2.32. The van der Waals surface area contributed by atoms with Crippen LogP contribution in [0, 0.1) is 5.82 Å². The van der Waals surface area contributed by atoms with Gasteiger partial charge in [0, 0.05) is 6.54 Å². The molecule has 0 fully saturated rings. The number of carbonyl (C=O) groups is 1. The minimum atomic E-state index is -0.616. The lowest BCUT2D eigenvalue weighted by atomic mass is 10.1. The molecular formula is C11H15FN2O3. The molecule has 1 rings (SSSR count). The number of nitrogens with one attached hydrogen (secondary N) is 1. The molecule has 1 amide bonds. The van der Waals surface area contributed by atoms with Crippen LogP contribution in [0.4, 0.5) is 10.1 Å². The Morgan fingerprint density at radius 3 is 2.94 bits per heavy atom. The number of carbonyl (C=O) groups excluding carboxylic acids is 1. The zero-order chi connectivity index (χ0) is 12.7. The molecule has 0 aliphatic rings. The van der Waals surface area contributed by atoms with Gasteiger partial charge in [0.25, 0.3) is 5.91 Å². The van der Waals surface area contributed by atoms with Crippen LogP contribution >= 0.6 is 0 Å². The van der Waals surface area contributed by atoms with Gasteiger partial charge in [-0.15, -0.1) is 0 Å². The van der Waals surface area contributed by atoms with Crippen molar-refractivity contribution < 1.29 is 19.0 Å². The fourth-order valence-electron chi connectivity index (χ4n) is 1.23. The highest BCUT2D eigenvalue weighted by atomic mass is 19.1. The van der Waals surface area contributed by atoms with Crippen LogP contribution in [0.2, 0.25) is 0 Å². The number of nitrogen functional groups attached to an aromatic ring is 1. The minimum Gasteiger partial charge on any atom is -0.396 e. The Kier molecular flexibility index (Phi) is 5.38. The number of anilines is 1. The van der Waals surface area contributed by atoms with Crippen molar-refractivity contribution in [2.45, 2.75) is 0 Å². The lowest BCUT2D eigenvalue weighted by Gasteiger charge is -2.08. The van der Waals surface area contributed by atoms with Gasteiger partial charge in [-0.3, -0.25) is 4.79 Å². The van der Waals surface area contributed by atoms with Crippen molar-refractivity contribution in [3.8, 4) is 0 Å². The van der Waals surface area contributed by atoms with Gasteiger partial charge in [-0.05, 0) is 12.1 Å². The van der Waals surface area contributed by atoms with Crippen LogP contribution in [-0.2, 0) is 4.74 Å². The Balaban J connectivity index is 2.44. The predicted octanol–water partition coefficient (Wildman–Crippen LogP) is 0.147. The fourth-order valence-corrected chi connectivity index (χ4v) is 1.23. The fraction of sp³-hybridized carbons (Fsp3) is 0.364. The Morgan fingerprint density at radius 2 is 2.24 bits per heavy atom. The second-order valence-electron chi connectivity index (χ2n) is 3.29. The first kappa shape index (κ1) is 13.4. The largest absolute Gasteiger partial charge is 0.396 e. The van der Waals surface area contributed by atoms with Crippen LogP contribution in [0.1, 0.15) is 10.4 Å². The number of ether oxygens (including phenoxy) is 1.